The largest absolute Gasteiger partial charge is 0.453 e. The quantitative estimate of drug-likeness (QED) is 0.728. The number of fused-ring (bicyclic) bond motifs is 1. The Balaban J connectivity index is 2.03. The molecule has 0 atom stereocenters. The van der Waals surface area contributed by atoms with E-state index >= 15 is 0 Å². The molecule has 0 aliphatic rings. The first kappa shape index (κ1) is 12.1. The van der Waals surface area contributed by atoms with Crippen LogP contribution in [0.2, 0.25) is 5.02 Å². The van der Waals surface area contributed by atoms with Crippen LogP contribution in [0.3, 0.4) is 0 Å². The first-order valence-corrected chi connectivity index (χ1v) is 6.58. The highest BCUT2D eigenvalue weighted by molar-refractivity contribution is 7.16. The predicted molar refractivity (Wildman–Crippen MR) is 76.3 cm³/mol. The van der Waals surface area contributed by atoms with Gasteiger partial charge in [-0.15, -0.1) is 0 Å². The number of anilines is 1. The molecule has 1 heterocycles. The topological polar surface area (TPSA) is 65.5 Å². The molecule has 2 aromatic carbocycles. The third-order valence-corrected chi connectivity index (χ3v) is 3.62. The Bertz CT molecular complexity index is 789. The van der Waals surface area contributed by atoms with Crippen LogP contribution in [0.15, 0.2) is 45.6 Å². The minimum Gasteiger partial charge on any atom is -0.453 e. The van der Waals surface area contributed by atoms with E-state index in [1.165, 1.54) is 0 Å². The highest BCUT2D eigenvalue weighted by atomic mass is 35.5. The number of para-hydroxylation sites is 1. The van der Waals surface area contributed by atoms with Crippen molar-refractivity contribution in [2.45, 2.75) is 0 Å². The summed E-state index contributed by atoms with van der Waals surface area (Å²) in [5, 5.41) is 0.423. The number of benzene rings is 2. The first-order valence-electron chi connectivity index (χ1n) is 5.39. The summed E-state index contributed by atoms with van der Waals surface area (Å²) < 4.78 is 11.4. The van der Waals surface area contributed by atoms with Crippen molar-refractivity contribution in [1.29, 1.82) is 0 Å². The van der Waals surface area contributed by atoms with Gasteiger partial charge in [0, 0.05) is 6.07 Å². The van der Waals surface area contributed by atoms with Gasteiger partial charge in [-0.1, -0.05) is 29.0 Å². The number of nitrogens with two attached hydrogens (primary N) is 1. The second-order valence-corrected chi connectivity index (χ2v) is 5.21. The van der Waals surface area contributed by atoms with Gasteiger partial charge >= 0.3 is 4.94 Å². The fourth-order valence-corrected chi connectivity index (χ4v) is 2.54. The van der Waals surface area contributed by atoms with Crippen LogP contribution in [0.4, 0.5) is 5.69 Å². The molecular formula is C13H8ClNO3S. The smallest absolute Gasteiger partial charge is 0.396 e. The molecule has 19 heavy (non-hydrogen) atoms. The fraction of sp³-hybridized carbons (Fsp3) is 0. The average molecular weight is 294 g/mol. The Morgan fingerprint density at radius 2 is 2.11 bits per heavy atom. The van der Waals surface area contributed by atoms with Gasteiger partial charge in [-0.25, -0.2) is 4.79 Å². The fourth-order valence-electron chi connectivity index (χ4n) is 1.67. The zero-order valence-electron chi connectivity index (χ0n) is 9.55. The van der Waals surface area contributed by atoms with Crippen molar-refractivity contribution in [3.63, 3.8) is 0 Å². The number of rotatable bonds is 2. The molecule has 0 saturated heterocycles. The number of hydrogen-bond acceptors (Lipinski definition) is 5. The standard InChI is InChI=1S/C13H8ClNO3S/c14-8-2-1-3-9(15)12(8)17-7-4-5-11-10(6-7)18-13(16)19-11/h1-6H,15H2. The van der Waals surface area contributed by atoms with E-state index in [4.69, 9.17) is 26.5 Å². The molecule has 3 rings (SSSR count). The second-order valence-electron chi connectivity index (χ2n) is 3.82. The SMILES string of the molecule is Nc1cccc(Cl)c1Oc1ccc2sc(=O)oc2c1. The Kier molecular flexibility index (Phi) is 2.93. The molecule has 0 spiro atoms. The maximum atomic E-state index is 11.1. The van der Waals surface area contributed by atoms with Crippen LogP contribution in [-0.2, 0) is 0 Å². The van der Waals surface area contributed by atoms with E-state index in [1.54, 1.807) is 36.4 Å². The minimum absolute atomic E-state index is 0.343. The predicted octanol–water partition coefficient (Wildman–Crippen LogP) is 3.88. The number of ether oxygens (including phenoxy) is 1. The molecule has 0 aliphatic heterocycles. The van der Waals surface area contributed by atoms with Crippen LogP contribution >= 0.6 is 22.9 Å². The summed E-state index contributed by atoms with van der Waals surface area (Å²) in [6.45, 7) is 0. The van der Waals surface area contributed by atoms with Gasteiger partial charge in [-0.3, -0.25) is 0 Å². The van der Waals surface area contributed by atoms with Crippen molar-refractivity contribution in [3.05, 3.63) is 51.2 Å². The van der Waals surface area contributed by atoms with Crippen molar-refractivity contribution in [1.82, 2.24) is 0 Å². The Hall–Kier alpha value is -1.98. The summed E-state index contributed by atoms with van der Waals surface area (Å²) in [5.74, 6) is 0.898. The van der Waals surface area contributed by atoms with E-state index in [0.29, 0.717) is 27.8 Å². The van der Waals surface area contributed by atoms with Crippen LogP contribution in [0.5, 0.6) is 11.5 Å². The van der Waals surface area contributed by atoms with Gasteiger partial charge in [-0.05, 0) is 24.3 Å². The minimum atomic E-state index is -0.343. The van der Waals surface area contributed by atoms with Gasteiger partial charge in [-0.2, -0.15) is 0 Å². The lowest BCUT2D eigenvalue weighted by Gasteiger charge is -2.09. The molecule has 6 heteroatoms. The Morgan fingerprint density at radius 1 is 1.26 bits per heavy atom. The third-order valence-electron chi connectivity index (χ3n) is 2.52. The summed E-state index contributed by atoms with van der Waals surface area (Å²) in [6, 6.07) is 10.3. The van der Waals surface area contributed by atoms with Crippen LogP contribution < -0.4 is 15.4 Å². The van der Waals surface area contributed by atoms with E-state index in [0.717, 1.165) is 16.0 Å². The van der Waals surface area contributed by atoms with Crippen LogP contribution in [0.25, 0.3) is 10.3 Å². The molecule has 0 bridgehead atoms. The van der Waals surface area contributed by atoms with Crippen LogP contribution in [0, 0.1) is 0 Å². The zero-order valence-corrected chi connectivity index (χ0v) is 11.1. The Morgan fingerprint density at radius 3 is 2.89 bits per heavy atom. The summed E-state index contributed by atoms with van der Waals surface area (Å²) in [4.78, 5) is 10.8. The van der Waals surface area contributed by atoms with Crippen molar-refractivity contribution in [2.75, 3.05) is 5.73 Å². The molecule has 3 aromatic rings. The lowest BCUT2D eigenvalue weighted by atomic mass is 10.3. The maximum Gasteiger partial charge on any atom is 0.396 e. The number of nitrogen functional groups attached to an aromatic ring is 1. The van der Waals surface area contributed by atoms with E-state index in [2.05, 4.69) is 0 Å². The van der Waals surface area contributed by atoms with E-state index in [9.17, 15) is 4.79 Å². The zero-order chi connectivity index (χ0) is 13.4. The van der Waals surface area contributed by atoms with Crippen molar-refractivity contribution >= 4 is 38.9 Å². The van der Waals surface area contributed by atoms with Gasteiger partial charge in [0.2, 0.25) is 0 Å². The van der Waals surface area contributed by atoms with Crippen LogP contribution in [0.1, 0.15) is 0 Å². The summed E-state index contributed by atoms with van der Waals surface area (Å²) in [6.07, 6.45) is 0. The van der Waals surface area contributed by atoms with E-state index in [-0.39, 0.29) is 4.94 Å². The molecule has 4 nitrogen and oxygen atoms in total. The normalized spacial score (nSPS) is 10.8. The van der Waals surface area contributed by atoms with Gasteiger partial charge in [0.25, 0.3) is 0 Å². The van der Waals surface area contributed by atoms with Crippen molar-refractivity contribution in [2.24, 2.45) is 0 Å². The van der Waals surface area contributed by atoms with Crippen LogP contribution in [-0.4, -0.2) is 0 Å². The molecular weight excluding hydrogens is 286 g/mol. The summed E-state index contributed by atoms with van der Waals surface area (Å²) >= 11 is 7.07. The summed E-state index contributed by atoms with van der Waals surface area (Å²) in [5.41, 5.74) is 6.73. The highest BCUT2D eigenvalue weighted by Gasteiger charge is 2.09. The van der Waals surface area contributed by atoms with Gasteiger partial charge < -0.3 is 14.9 Å². The van der Waals surface area contributed by atoms with Gasteiger partial charge in [0.1, 0.15) is 5.75 Å². The maximum absolute atomic E-state index is 11.1. The molecule has 0 fully saturated rings. The number of hydrogen-bond donors (Lipinski definition) is 1. The summed E-state index contributed by atoms with van der Waals surface area (Å²) in [7, 11) is 0. The molecule has 0 saturated carbocycles. The Labute approximate surface area is 117 Å². The van der Waals surface area contributed by atoms with Gasteiger partial charge in [0.15, 0.2) is 11.3 Å². The number of halogens is 1. The van der Waals surface area contributed by atoms with Crippen molar-refractivity contribution < 1.29 is 9.15 Å². The highest BCUT2D eigenvalue weighted by Crippen LogP contribution is 2.35. The molecule has 0 aliphatic carbocycles. The van der Waals surface area contributed by atoms with E-state index in [1.807, 2.05) is 0 Å². The molecule has 0 amide bonds. The van der Waals surface area contributed by atoms with E-state index < -0.39 is 0 Å². The lowest BCUT2D eigenvalue weighted by Crippen LogP contribution is -1.92. The molecule has 96 valence electrons. The van der Waals surface area contributed by atoms with Crippen molar-refractivity contribution in [3.8, 4) is 11.5 Å². The average Bonchev–Trinajstić information content (AvgIpc) is 2.73. The lowest BCUT2D eigenvalue weighted by molar-refractivity contribution is 0.484. The molecule has 0 unspecified atom stereocenters. The second kappa shape index (κ2) is 4.60. The monoisotopic (exact) mass is 293 g/mol. The molecule has 2 N–H and O–H groups in total. The molecule has 1 aromatic heterocycles. The first-order chi connectivity index (χ1) is 9.13. The third kappa shape index (κ3) is 2.30. The molecule has 0 radical (unpaired) electrons. The van der Waals surface area contributed by atoms with Gasteiger partial charge in [0.05, 0.1) is 15.4 Å².